The third-order valence-electron chi connectivity index (χ3n) is 5.92. The predicted molar refractivity (Wildman–Crippen MR) is 131 cm³/mol. The molecule has 1 saturated heterocycles. The second-order valence-electron chi connectivity index (χ2n) is 8.10. The van der Waals surface area contributed by atoms with Crippen molar-refractivity contribution < 1.29 is 14.0 Å². The first kappa shape index (κ1) is 22.4. The molecular formula is C25H20ClFN4O2S. The van der Waals surface area contributed by atoms with E-state index in [1.807, 2.05) is 30.3 Å². The summed E-state index contributed by atoms with van der Waals surface area (Å²) in [7, 11) is 0. The fourth-order valence-corrected chi connectivity index (χ4v) is 5.33. The second kappa shape index (κ2) is 9.48. The number of amides is 2. The highest BCUT2D eigenvalue weighted by Gasteiger charge is 2.29. The maximum Gasteiger partial charge on any atom is 0.275 e. The minimum absolute atomic E-state index is 0.0831. The molecule has 0 aliphatic carbocycles. The molecule has 0 spiro atoms. The summed E-state index contributed by atoms with van der Waals surface area (Å²) in [5.41, 5.74) is 1.82. The van der Waals surface area contributed by atoms with Gasteiger partial charge in [0.2, 0.25) is 0 Å². The number of piperidine rings is 1. The molecule has 34 heavy (non-hydrogen) atoms. The minimum Gasteiger partial charge on any atom is -0.338 e. The molecule has 1 aliphatic heterocycles. The number of likely N-dealkylation sites (tertiary alicyclic amines) is 1. The van der Waals surface area contributed by atoms with E-state index in [0.29, 0.717) is 37.3 Å². The molecule has 6 nitrogen and oxygen atoms in total. The monoisotopic (exact) mass is 494 g/mol. The Kier molecular flexibility index (Phi) is 6.26. The van der Waals surface area contributed by atoms with E-state index in [0.717, 1.165) is 15.9 Å². The van der Waals surface area contributed by atoms with Gasteiger partial charge in [0.1, 0.15) is 11.5 Å². The number of hydrogen-bond acceptors (Lipinski definition) is 5. The third kappa shape index (κ3) is 4.51. The summed E-state index contributed by atoms with van der Waals surface area (Å²) in [5, 5.41) is 6.57. The topological polar surface area (TPSA) is 75.2 Å². The van der Waals surface area contributed by atoms with E-state index in [1.54, 1.807) is 16.5 Å². The predicted octanol–water partition coefficient (Wildman–Crippen LogP) is 5.76. The molecular weight excluding hydrogens is 475 g/mol. The average Bonchev–Trinajstić information content (AvgIpc) is 3.34. The number of carbonyl (C=O) groups is 2. The van der Waals surface area contributed by atoms with Crippen molar-refractivity contribution in [3.8, 4) is 0 Å². The van der Waals surface area contributed by atoms with Crippen LogP contribution in [0.1, 0.15) is 44.6 Å². The van der Waals surface area contributed by atoms with Gasteiger partial charge in [-0.15, -0.1) is 11.3 Å². The molecule has 0 unspecified atom stereocenters. The fraction of sp³-hybridized carbons (Fsp3) is 0.200. The molecule has 2 aromatic carbocycles. The Bertz CT molecular complexity index is 1360. The fourth-order valence-electron chi connectivity index (χ4n) is 4.12. The van der Waals surface area contributed by atoms with Gasteiger partial charge in [-0.05, 0) is 49.2 Å². The summed E-state index contributed by atoms with van der Waals surface area (Å²) >= 11 is 7.49. The first-order valence-electron chi connectivity index (χ1n) is 10.8. The van der Waals surface area contributed by atoms with Crippen molar-refractivity contribution in [2.75, 3.05) is 18.4 Å². The summed E-state index contributed by atoms with van der Waals surface area (Å²) in [5.74, 6) is -1.14. The van der Waals surface area contributed by atoms with Gasteiger partial charge in [-0.25, -0.2) is 9.37 Å². The van der Waals surface area contributed by atoms with Gasteiger partial charge in [-0.1, -0.05) is 23.7 Å². The zero-order chi connectivity index (χ0) is 23.7. The second-order valence-corrected chi connectivity index (χ2v) is 9.40. The number of fused-ring (bicyclic) bond motifs is 1. The van der Waals surface area contributed by atoms with Gasteiger partial charge < -0.3 is 10.2 Å². The summed E-state index contributed by atoms with van der Waals surface area (Å²) < 4.78 is 14.1. The molecule has 1 N–H and O–H groups in total. The van der Waals surface area contributed by atoms with E-state index in [1.165, 1.54) is 29.5 Å². The Morgan fingerprint density at radius 2 is 1.94 bits per heavy atom. The number of nitrogens with one attached hydrogen (secondary N) is 1. The van der Waals surface area contributed by atoms with Crippen molar-refractivity contribution in [3.05, 3.63) is 87.2 Å². The van der Waals surface area contributed by atoms with Crippen LogP contribution in [-0.4, -0.2) is 39.8 Å². The Hall–Kier alpha value is -3.36. The molecule has 9 heteroatoms. The van der Waals surface area contributed by atoms with Crippen molar-refractivity contribution in [2.24, 2.45) is 0 Å². The number of thiazole rings is 1. The Morgan fingerprint density at radius 1 is 1.12 bits per heavy atom. The van der Waals surface area contributed by atoms with E-state index in [2.05, 4.69) is 15.3 Å². The smallest absolute Gasteiger partial charge is 0.275 e. The van der Waals surface area contributed by atoms with Gasteiger partial charge >= 0.3 is 0 Å². The van der Waals surface area contributed by atoms with E-state index in [4.69, 9.17) is 11.6 Å². The molecule has 2 aromatic heterocycles. The third-order valence-corrected chi connectivity index (χ3v) is 7.25. The van der Waals surface area contributed by atoms with Gasteiger partial charge in [0.05, 0.1) is 21.1 Å². The first-order valence-corrected chi connectivity index (χ1v) is 12.1. The highest BCUT2D eigenvalue weighted by molar-refractivity contribution is 7.10. The summed E-state index contributed by atoms with van der Waals surface area (Å²) in [4.78, 5) is 36.0. The molecule has 5 rings (SSSR count). The zero-order valence-corrected chi connectivity index (χ0v) is 19.6. The molecule has 2 amide bonds. The van der Waals surface area contributed by atoms with Crippen LogP contribution in [0.15, 0.2) is 60.1 Å². The molecule has 3 heterocycles. The number of hydrogen-bond donors (Lipinski definition) is 1. The molecule has 4 aromatic rings. The van der Waals surface area contributed by atoms with Gasteiger partial charge in [-0.2, -0.15) is 0 Å². The lowest BCUT2D eigenvalue weighted by Crippen LogP contribution is -2.38. The molecule has 0 bridgehead atoms. The lowest BCUT2D eigenvalue weighted by atomic mass is 9.97. The highest BCUT2D eigenvalue weighted by atomic mass is 35.5. The van der Waals surface area contributed by atoms with Crippen molar-refractivity contribution in [2.45, 2.75) is 18.8 Å². The quantitative estimate of drug-likeness (QED) is 0.391. The lowest BCUT2D eigenvalue weighted by Gasteiger charge is -2.31. The van der Waals surface area contributed by atoms with Crippen molar-refractivity contribution in [1.82, 2.24) is 14.9 Å². The normalized spacial score (nSPS) is 14.4. The van der Waals surface area contributed by atoms with Crippen molar-refractivity contribution in [3.63, 3.8) is 0 Å². The van der Waals surface area contributed by atoms with Crippen LogP contribution < -0.4 is 5.32 Å². The zero-order valence-electron chi connectivity index (χ0n) is 18.0. The highest BCUT2D eigenvalue weighted by Crippen LogP contribution is 2.32. The lowest BCUT2D eigenvalue weighted by molar-refractivity contribution is 0.0708. The number of carbonyl (C=O) groups excluding carboxylic acids is 2. The molecule has 1 aliphatic rings. The van der Waals surface area contributed by atoms with Crippen LogP contribution >= 0.6 is 22.9 Å². The van der Waals surface area contributed by atoms with E-state index in [-0.39, 0.29) is 22.4 Å². The van der Waals surface area contributed by atoms with Crippen LogP contribution in [0.3, 0.4) is 0 Å². The maximum absolute atomic E-state index is 14.1. The molecule has 0 radical (unpaired) electrons. The van der Waals surface area contributed by atoms with Crippen LogP contribution in [0.5, 0.6) is 0 Å². The van der Waals surface area contributed by atoms with Gasteiger partial charge in [0, 0.05) is 41.7 Å². The molecule has 0 atom stereocenters. The van der Waals surface area contributed by atoms with E-state index >= 15 is 0 Å². The largest absolute Gasteiger partial charge is 0.338 e. The van der Waals surface area contributed by atoms with Crippen LogP contribution in [0, 0.1) is 5.82 Å². The number of benzene rings is 2. The summed E-state index contributed by atoms with van der Waals surface area (Å²) in [6.07, 6.45) is 3.10. The Morgan fingerprint density at radius 3 is 2.74 bits per heavy atom. The maximum atomic E-state index is 14.1. The minimum atomic E-state index is -0.613. The van der Waals surface area contributed by atoms with Crippen molar-refractivity contribution in [1.29, 1.82) is 0 Å². The number of aromatic nitrogens is 2. The number of halogens is 2. The summed E-state index contributed by atoms with van der Waals surface area (Å²) in [6, 6.07) is 13.6. The average molecular weight is 495 g/mol. The van der Waals surface area contributed by atoms with Crippen LogP contribution in [-0.2, 0) is 0 Å². The number of nitrogens with zero attached hydrogens (tertiary/aromatic N) is 3. The SMILES string of the molecule is O=C(Nc1ccc2ncccc2c1)c1csc(C2CCN(C(=O)c3c(F)cccc3Cl)CC2)n1. The van der Waals surface area contributed by atoms with Crippen molar-refractivity contribution >= 4 is 51.3 Å². The van der Waals surface area contributed by atoms with E-state index in [9.17, 15) is 14.0 Å². The Labute approximate surface area is 204 Å². The number of pyridine rings is 1. The van der Waals surface area contributed by atoms with Crippen LogP contribution in [0.4, 0.5) is 10.1 Å². The van der Waals surface area contributed by atoms with E-state index < -0.39 is 11.7 Å². The van der Waals surface area contributed by atoms with Crippen LogP contribution in [0.2, 0.25) is 5.02 Å². The molecule has 0 saturated carbocycles. The molecule has 172 valence electrons. The molecule has 1 fully saturated rings. The van der Waals surface area contributed by atoms with Crippen LogP contribution in [0.25, 0.3) is 10.9 Å². The number of anilines is 1. The first-order chi connectivity index (χ1) is 16.5. The summed E-state index contributed by atoms with van der Waals surface area (Å²) in [6.45, 7) is 0.945. The van der Waals surface area contributed by atoms with Gasteiger partial charge in [0.15, 0.2) is 0 Å². The Balaban J connectivity index is 1.22. The number of rotatable bonds is 4. The van der Waals surface area contributed by atoms with Gasteiger partial charge in [-0.3, -0.25) is 14.6 Å². The van der Waals surface area contributed by atoms with Gasteiger partial charge in [0.25, 0.3) is 11.8 Å². The standard InChI is InChI=1S/C25H20ClFN4O2S/c26-18-4-1-5-19(27)22(18)25(33)31-11-8-15(9-12-31)24-30-21(14-34-24)23(32)29-17-6-7-20-16(13-17)3-2-10-28-20/h1-7,10,13-15H,8-9,11-12H2,(H,29,32).